The fourth-order valence-electron chi connectivity index (χ4n) is 3.85. The van der Waals surface area contributed by atoms with E-state index in [9.17, 15) is 15.0 Å². The Hall–Kier alpha value is -0.650. The Morgan fingerprint density at radius 1 is 1.24 bits per heavy atom. The zero-order chi connectivity index (χ0) is 15.8. The van der Waals surface area contributed by atoms with Crippen LogP contribution in [0.25, 0.3) is 0 Å². The van der Waals surface area contributed by atoms with E-state index < -0.39 is 0 Å². The Morgan fingerprint density at radius 3 is 2.29 bits per heavy atom. The first-order valence-corrected chi connectivity index (χ1v) is 7.99. The molecule has 1 aliphatic carbocycles. The Bertz CT molecular complexity index is 377. The number of rotatable bonds is 6. The normalized spacial score (nSPS) is 28.0. The molecule has 0 spiro atoms. The fraction of sp³-hybridized carbons (Fsp3) is 0.938. The molecule has 1 aliphatic heterocycles. The third-order valence-electron chi connectivity index (χ3n) is 6.10. The lowest BCUT2D eigenvalue weighted by molar-refractivity contribution is -0.123. The van der Waals surface area contributed by atoms with Gasteiger partial charge in [-0.25, -0.2) is 0 Å². The van der Waals surface area contributed by atoms with Crippen LogP contribution in [0.2, 0.25) is 0 Å². The maximum atomic E-state index is 12.3. The van der Waals surface area contributed by atoms with E-state index in [2.05, 4.69) is 37.9 Å². The lowest BCUT2D eigenvalue weighted by Crippen LogP contribution is -2.40. The first-order chi connectivity index (χ1) is 9.75. The van der Waals surface area contributed by atoms with Gasteiger partial charge in [-0.3, -0.25) is 9.69 Å². The molecule has 1 heterocycles. The van der Waals surface area contributed by atoms with Gasteiger partial charge in [0.25, 0.3) is 0 Å². The number of hydrogen-bond acceptors (Lipinski definition) is 4. The molecule has 0 radical (unpaired) electrons. The predicted octanol–water partition coefficient (Wildman–Crippen LogP) is 0.460. The van der Waals surface area contributed by atoms with Crippen molar-refractivity contribution in [1.29, 1.82) is 0 Å². The number of likely N-dealkylation sites (tertiary alicyclic amines) is 1. The summed E-state index contributed by atoms with van der Waals surface area (Å²) in [5, 5.41) is 21.5. The molecule has 3 N–H and O–H groups in total. The van der Waals surface area contributed by atoms with Crippen LogP contribution >= 0.6 is 0 Å². The third kappa shape index (κ3) is 2.96. The number of nitrogens with one attached hydrogen (secondary N) is 1. The van der Waals surface area contributed by atoms with Crippen molar-refractivity contribution in [3.63, 3.8) is 0 Å². The van der Waals surface area contributed by atoms with E-state index in [-0.39, 0.29) is 41.9 Å². The van der Waals surface area contributed by atoms with E-state index in [1.54, 1.807) is 0 Å². The smallest absolute Gasteiger partial charge is 0.224 e. The van der Waals surface area contributed by atoms with Crippen molar-refractivity contribution in [1.82, 2.24) is 10.2 Å². The highest BCUT2D eigenvalue weighted by atomic mass is 16.3. The van der Waals surface area contributed by atoms with E-state index in [1.165, 1.54) is 0 Å². The van der Waals surface area contributed by atoms with E-state index in [4.69, 9.17) is 0 Å². The number of aliphatic hydroxyl groups is 2. The van der Waals surface area contributed by atoms with Gasteiger partial charge in [0.05, 0.1) is 19.3 Å². The molecular weight excluding hydrogens is 268 g/mol. The Balaban J connectivity index is 1.77. The van der Waals surface area contributed by atoms with E-state index >= 15 is 0 Å². The second-order valence-electron chi connectivity index (χ2n) is 7.79. The zero-order valence-electron chi connectivity index (χ0n) is 13.7. The fourth-order valence-corrected chi connectivity index (χ4v) is 3.85. The molecular formula is C16H30N2O3. The molecule has 1 saturated carbocycles. The van der Waals surface area contributed by atoms with Crippen molar-refractivity contribution >= 4 is 5.91 Å². The van der Waals surface area contributed by atoms with Crippen molar-refractivity contribution < 1.29 is 15.0 Å². The highest BCUT2D eigenvalue weighted by Gasteiger charge is 2.68. The Labute approximate surface area is 127 Å². The van der Waals surface area contributed by atoms with Crippen LogP contribution < -0.4 is 5.32 Å². The summed E-state index contributed by atoms with van der Waals surface area (Å²) < 4.78 is 0. The van der Waals surface area contributed by atoms with Gasteiger partial charge in [-0.2, -0.15) is 0 Å². The largest absolute Gasteiger partial charge is 0.395 e. The topological polar surface area (TPSA) is 72.8 Å². The second kappa shape index (κ2) is 5.86. The summed E-state index contributed by atoms with van der Waals surface area (Å²) in [6, 6.07) is -0.160. The predicted molar refractivity (Wildman–Crippen MR) is 81.7 cm³/mol. The summed E-state index contributed by atoms with van der Waals surface area (Å²) >= 11 is 0. The number of aliphatic hydroxyl groups excluding tert-OH is 2. The summed E-state index contributed by atoms with van der Waals surface area (Å²) in [5.74, 6) is 0.689. The summed E-state index contributed by atoms with van der Waals surface area (Å²) in [6.45, 7) is 11.0. The summed E-state index contributed by atoms with van der Waals surface area (Å²) in [5.41, 5.74) is 0.162. The zero-order valence-corrected chi connectivity index (χ0v) is 13.7. The molecule has 0 bridgehead atoms. The molecule has 5 heteroatoms. The molecule has 0 aromatic heterocycles. The number of hydrogen-bond donors (Lipinski definition) is 3. The summed E-state index contributed by atoms with van der Waals surface area (Å²) in [6.07, 6.45) is 1.01. The number of amides is 1. The molecule has 1 amide bonds. The van der Waals surface area contributed by atoms with Crippen LogP contribution in [0.15, 0.2) is 0 Å². The van der Waals surface area contributed by atoms with Crippen LogP contribution in [0.3, 0.4) is 0 Å². The number of carbonyl (C=O) groups excluding carboxylic acids is 1. The lowest BCUT2D eigenvalue weighted by atomic mass is 10.0. The van der Waals surface area contributed by atoms with Crippen molar-refractivity contribution in [2.75, 3.05) is 32.8 Å². The molecule has 0 unspecified atom stereocenters. The number of carbonyl (C=O) groups is 1. The minimum atomic E-state index is -0.160. The van der Waals surface area contributed by atoms with Gasteiger partial charge in [-0.15, -0.1) is 0 Å². The first-order valence-electron chi connectivity index (χ1n) is 7.99. The number of nitrogens with zero attached hydrogens (tertiary/aromatic N) is 1. The minimum Gasteiger partial charge on any atom is -0.395 e. The van der Waals surface area contributed by atoms with Gasteiger partial charge in [0.15, 0.2) is 0 Å². The maximum Gasteiger partial charge on any atom is 0.224 e. The summed E-state index contributed by atoms with van der Waals surface area (Å²) in [7, 11) is 0. The SMILES string of the molecule is CC1(C)C(C(=O)NC[C@@H]2CCN(C(CO)CO)C2)C1(C)C. The highest BCUT2D eigenvalue weighted by Crippen LogP contribution is 2.68. The van der Waals surface area contributed by atoms with Crippen LogP contribution in [0, 0.1) is 22.7 Å². The molecule has 21 heavy (non-hydrogen) atoms. The highest BCUT2D eigenvalue weighted by molar-refractivity contribution is 5.84. The van der Waals surface area contributed by atoms with Crippen LogP contribution in [-0.2, 0) is 4.79 Å². The van der Waals surface area contributed by atoms with E-state index in [1.807, 2.05) is 0 Å². The van der Waals surface area contributed by atoms with Crippen molar-refractivity contribution in [3.05, 3.63) is 0 Å². The summed E-state index contributed by atoms with van der Waals surface area (Å²) in [4.78, 5) is 14.4. The maximum absolute atomic E-state index is 12.3. The van der Waals surface area contributed by atoms with E-state index in [0.29, 0.717) is 12.5 Å². The Kier molecular flexibility index (Phi) is 4.66. The third-order valence-corrected chi connectivity index (χ3v) is 6.10. The average Bonchev–Trinajstić information content (AvgIpc) is 2.75. The Morgan fingerprint density at radius 2 is 1.81 bits per heavy atom. The molecule has 2 aliphatic rings. The standard InChI is InChI=1S/C16H30N2O3/c1-15(2)13(16(15,3)4)14(21)17-7-11-5-6-18(8-11)12(9-19)10-20/h11-13,19-20H,5-10H2,1-4H3,(H,17,21)/t11-/m0/s1. The van der Waals surface area contributed by atoms with Crippen LogP contribution in [0.5, 0.6) is 0 Å². The van der Waals surface area contributed by atoms with Gasteiger partial charge < -0.3 is 15.5 Å². The molecule has 5 nitrogen and oxygen atoms in total. The van der Waals surface area contributed by atoms with E-state index in [0.717, 1.165) is 19.5 Å². The molecule has 2 rings (SSSR count). The van der Waals surface area contributed by atoms with Crippen molar-refractivity contribution in [3.8, 4) is 0 Å². The minimum absolute atomic E-state index is 0.0139. The van der Waals surface area contributed by atoms with Gasteiger partial charge >= 0.3 is 0 Å². The second-order valence-corrected chi connectivity index (χ2v) is 7.79. The quantitative estimate of drug-likeness (QED) is 0.666. The monoisotopic (exact) mass is 298 g/mol. The van der Waals surface area contributed by atoms with Gasteiger partial charge in [0.2, 0.25) is 5.91 Å². The van der Waals surface area contributed by atoms with Gasteiger partial charge in [0, 0.05) is 19.0 Å². The van der Waals surface area contributed by atoms with Gasteiger partial charge in [0.1, 0.15) is 0 Å². The molecule has 0 aromatic rings. The molecule has 122 valence electrons. The molecule has 1 saturated heterocycles. The van der Waals surface area contributed by atoms with Gasteiger partial charge in [-0.1, -0.05) is 27.7 Å². The molecule has 0 aromatic carbocycles. The molecule has 1 atom stereocenters. The lowest BCUT2D eigenvalue weighted by Gasteiger charge is -2.24. The van der Waals surface area contributed by atoms with Crippen molar-refractivity contribution in [2.24, 2.45) is 22.7 Å². The molecule has 2 fully saturated rings. The average molecular weight is 298 g/mol. The van der Waals surface area contributed by atoms with Crippen molar-refractivity contribution in [2.45, 2.75) is 40.2 Å². The van der Waals surface area contributed by atoms with Gasteiger partial charge in [-0.05, 0) is 29.7 Å². The van der Waals surface area contributed by atoms with Crippen LogP contribution in [-0.4, -0.2) is 59.9 Å². The van der Waals surface area contributed by atoms with Crippen LogP contribution in [0.1, 0.15) is 34.1 Å². The van der Waals surface area contributed by atoms with Crippen LogP contribution in [0.4, 0.5) is 0 Å². The first kappa shape index (κ1) is 16.7.